The first-order chi connectivity index (χ1) is 8.59. The molecule has 2 rings (SSSR count). The minimum atomic E-state index is -0.132. The molecule has 0 fully saturated rings. The van der Waals surface area contributed by atoms with Gasteiger partial charge >= 0.3 is 0 Å². The lowest BCUT2D eigenvalue weighted by Gasteiger charge is -2.15. The van der Waals surface area contributed by atoms with Crippen molar-refractivity contribution < 1.29 is 4.39 Å². The van der Waals surface area contributed by atoms with Crippen molar-refractivity contribution >= 4 is 15.9 Å². The van der Waals surface area contributed by atoms with Crippen LogP contribution in [0.3, 0.4) is 0 Å². The van der Waals surface area contributed by atoms with Crippen molar-refractivity contribution in [3.63, 3.8) is 0 Å². The molecular formula is C16H16BrF. The highest BCUT2D eigenvalue weighted by atomic mass is 79.9. The fourth-order valence-electron chi connectivity index (χ4n) is 2.08. The summed E-state index contributed by atoms with van der Waals surface area (Å²) in [6.45, 7) is 4.21. The second-order valence-electron chi connectivity index (χ2n) is 4.55. The normalized spacial score (nSPS) is 12.4. The van der Waals surface area contributed by atoms with Crippen LogP contribution in [0, 0.1) is 19.7 Å². The quantitative estimate of drug-likeness (QED) is 0.690. The number of benzene rings is 2. The van der Waals surface area contributed by atoms with E-state index in [-0.39, 0.29) is 10.6 Å². The average molecular weight is 307 g/mol. The summed E-state index contributed by atoms with van der Waals surface area (Å²) in [7, 11) is 0. The monoisotopic (exact) mass is 306 g/mol. The second-order valence-corrected chi connectivity index (χ2v) is 5.66. The molecule has 2 aromatic rings. The fraction of sp³-hybridized carbons (Fsp3) is 0.250. The van der Waals surface area contributed by atoms with Crippen LogP contribution in [0.4, 0.5) is 4.39 Å². The van der Waals surface area contributed by atoms with E-state index in [0.717, 1.165) is 5.56 Å². The Hall–Kier alpha value is -1.15. The average Bonchev–Trinajstić information content (AvgIpc) is 2.35. The number of aryl methyl sites for hydroxylation is 1. The molecule has 0 aromatic heterocycles. The van der Waals surface area contributed by atoms with E-state index in [1.165, 1.54) is 22.8 Å². The van der Waals surface area contributed by atoms with E-state index < -0.39 is 0 Å². The molecule has 0 aliphatic rings. The van der Waals surface area contributed by atoms with Gasteiger partial charge in [0.2, 0.25) is 0 Å². The zero-order chi connectivity index (χ0) is 13.1. The predicted octanol–water partition coefficient (Wildman–Crippen LogP) is 5.12. The molecule has 2 heteroatoms. The highest BCUT2D eigenvalue weighted by Gasteiger charge is 2.13. The molecule has 0 saturated carbocycles. The van der Waals surface area contributed by atoms with Crippen LogP contribution in [0.1, 0.15) is 27.1 Å². The molecule has 0 spiro atoms. The Morgan fingerprint density at radius 2 is 1.78 bits per heavy atom. The Balaban J connectivity index is 2.25. The predicted molar refractivity (Wildman–Crippen MR) is 77.7 cm³/mol. The molecule has 2 aromatic carbocycles. The zero-order valence-corrected chi connectivity index (χ0v) is 12.2. The Morgan fingerprint density at radius 1 is 1.06 bits per heavy atom. The van der Waals surface area contributed by atoms with E-state index in [9.17, 15) is 4.39 Å². The van der Waals surface area contributed by atoms with Crippen molar-refractivity contribution in [2.75, 3.05) is 0 Å². The minimum absolute atomic E-state index is 0.132. The van der Waals surface area contributed by atoms with Crippen LogP contribution in [-0.2, 0) is 6.42 Å². The number of hydrogen-bond acceptors (Lipinski definition) is 0. The van der Waals surface area contributed by atoms with Crippen LogP contribution < -0.4 is 0 Å². The number of rotatable bonds is 3. The number of hydrogen-bond donors (Lipinski definition) is 0. The van der Waals surface area contributed by atoms with Gasteiger partial charge < -0.3 is 0 Å². The standard InChI is InChI=1S/C16H16BrF/c1-11-6-5-8-14(12(11)2)15(17)10-13-7-3-4-9-16(13)18/h3-9,15H,10H2,1-2H3. The molecule has 0 nitrogen and oxygen atoms in total. The molecule has 0 N–H and O–H groups in total. The van der Waals surface area contributed by atoms with Crippen molar-refractivity contribution in [2.45, 2.75) is 25.1 Å². The highest BCUT2D eigenvalue weighted by Crippen LogP contribution is 2.31. The van der Waals surface area contributed by atoms with E-state index >= 15 is 0 Å². The molecule has 18 heavy (non-hydrogen) atoms. The van der Waals surface area contributed by atoms with Gasteiger partial charge in [-0.05, 0) is 48.6 Å². The first kappa shape index (κ1) is 13.3. The van der Waals surface area contributed by atoms with E-state index in [1.807, 2.05) is 18.2 Å². The molecular weight excluding hydrogens is 291 g/mol. The van der Waals surface area contributed by atoms with Gasteiger partial charge in [0.05, 0.1) is 0 Å². The molecule has 0 saturated heterocycles. The van der Waals surface area contributed by atoms with E-state index in [4.69, 9.17) is 0 Å². The molecule has 1 atom stereocenters. The fourth-order valence-corrected chi connectivity index (χ4v) is 2.92. The van der Waals surface area contributed by atoms with Gasteiger partial charge in [-0.25, -0.2) is 4.39 Å². The third-order valence-corrected chi connectivity index (χ3v) is 4.16. The molecule has 0 heterocycles. The van der Waals surface area contributed by atoms with Gasteiger partial charge in [-0.3, -0.25) is 0 Å². The zero-order valence-electron chi connectivity index (χ0n) is 10.6. The Bertz CT molecular complexity index is 549. The van der Waals surface area contributed by atoms with Gasteiger partial charge in [-0.1, -0.05) is 52.3 Å². The van der Waals surface area contributed by atoms with E-state index in [1.54, 1.807) is 6.07 Å². The van der Waals surface area contributed by atoms with Gasteiger partial charge in [0.15, 0.2) is 0 Å². The van der Waals surface area contributed by atoms with Crippen molar-refractivity contribution in [3.05, 3.63) is 70.5 Å². The third-order valence-electron chi connectivity index (χ3n) is 3.34. The minimum Gasteiger partial charge on any atom is -0.207 e. The van der Waals surface area contributed by atoms with Gasteiger partial charge in [-0.15, -0.1) is 0 Å². The van der Waals surface area contributed by atoms with Crippen molar-refractivity contribution in [3.8, 4) is 0 Å². The summed E-state index contributed by atoms with van der Waals surface area (Å²) in [5.41, 5.74) is 4.53. The molecule has 94 valence electrons. The molecule has 1 unspecified atom stereocenters. The summed E-state index contributed by atoms with van der Waals surface area (Å²) in [5, 5.41) is 0. The van der Waals surface area contributed by atoms with Crippen LogP contribution >= 0.6 is 15.9 Å². The summed E-state index contributed by atoms with van der Waals surface area (Å²) in [5.74, 6) is -0.132. The van der Waals surface area contributed by atoms with Crippen LogP contribution in [0.15, 0.2) is 42.5 Å². The smallest absolute Gasteiger partial charge is 0.126 e. The summed E-state index contributed by atoms with van der Waals surface area (Å²) in [4.78, 5) is 0.147. The largest absolute Gasteiger partial charge is 0.207 e. The molecule has 0 radical (unpaired) electrons. The van der Waals surface area contributed by atoms with Crippen LogP contribution in [-0.4, -0.2) is 0 Å². The van der Waals surface area contributed by atoms with E-state index in [2.05, 4.69) is 41.9 Å². The molecule has 0 aliphatic carbocycles. The van der Waals surface area contributed by atoms with Crippen molar-refractivity contribution in [1.82, 2.24) is 0 Å². The topological polar surface area (TPSA) is 0 Å². The highest BCUT2D eigenvalue weighted by molar-refractivity contribution is 9.09. The number of halogens is 2. The lowest BCUT2D eigenvalue weighted by molar-refractivity contribution is 0.608. The summed E-state index contributed by atoms with van der Waals surface area (Å²) < 4.78 is 13.6. The SMILES string of the molecule is Cc1cccc(C(Br)Cc2ccccc2F)c1C. The Morgan fingerprint density at radius 3 is 2.50 bits per heavy atom. The van der Waals surface area contributed by atoms with Crippen molar-refractivity contribution in [2.24, 2.45) is 0 Å². The maximum Gasteiger partial charge on any atom is 0.126 e. The lowest BCUT2D eigenvalue weighted by atomic mass is 9.97. The van der Waals surface area contributed by atoms with Gasteiger partial charge in [-0.2, -0.15) is 0 Å². The molecule has 0 bridgehead atoms. The molecule has 0 amide bonds. The van der Waals surface area contributed by atoms with Gasteiger partial charge in [0.25, 0.3) is 0 Å². The first-order valence-electron chi connectivity index (χ1n) is 6.03. The summed E-state index contributed by atoms with van der Waals surface area (Å²) in [6, 6.07) is 13.2. The number of alkyl halides is 1. The lowest BCUT2D eigenvalue weighted by Crippen LogP contribution is -2.01. The van der Waals surface area contributed by atoms with Crippen molar-refractivity contribution in [1.29, 1.82) is 0 Å². The maximum atomic E-state index is 13.6. The summed E-state index contributed by atoms with van der Waals surface area (Å²) >= 11 is 3.68. The van der Waals surface area contributed by atoms with Crippen LogP contribution in [0.2, 0.25) is 0 Å². The van der Waals surface area contributed by atoms with Crippen LogP contribution in [0.5, 0.6) is 0 Å². The maximum absolute atomic E-state index is 13.6. The summed E-state index contributed by atoms with van der Waals surface area (Å²) in [6.07, 6.45) is 0.664. The first-order valence-corrected chi connectivity index (χ1v) is 6.94. The molecule has 0 aliphatic heterocycles. The van der Waals surface area contributed by atoms with Gasteiger partial charge in [0.1, 0.15) is 5.82 Å². The Kier molecular flexibility index (Phi) is 4.18. The van der Waals surface area contributed by atoms with Crippen LogP contribution in [0.25, 0.3) is 0 Å². The van der Waals surface area contributed by atoms with E-state index in [0.29, 0.717) is 6.42 Å². The van der Waals surface area contributed by atoms with Gasteiger partial charge in [0, 0.05) is 4.83 Å². The third kappa shape index (κ3) is 2.81. The second kappa shape index (κ2) is 5.66. The Labute approximate surface area is 116 Å².